The van der Waals surface area contributed by atoms with Gasteiger partial charge in [-0.1, -0.05) is 23.4 Å². The zero-order valence-electron chi connectivity index (χ0n) is 13.0. The Labute approximate surface area is 134 Å². The standard InChI is InChI=1S/C17H20N4O2/c22-16(19-10-15-20-17(23-21-15)11-4-5-11)8-12-2-1-3-13-9-18-7-6-14(12)13/h1-3,11,18H,4-10H2,(H,19,22). The SMILES string of the molecule is O=C(Cc1cccc2c1CCNC2)NCc1noc(C2CC2)n1. The molecule has 0 radical (unpaired) electrons. The van der Waals surface area contributed by atoms with E-state index in [0.717, 1.165) is 37.9 Å². The first kappa shape index (κ1) is 14.4. The van der Waals surface area contributed by atoms with E-state index in [0.29, 0.717) is 30.6 Å². The van der Waals surface area contributed by atoms with Gasteiger partial charge in [0.1, 0.15) is 0 Å². The molecule has 2 heterocycles. The summed E-state index contributed by atoms with van der Waals surface area (Å²) in [5, 5.41) is 10.2. The number of carbonyl (C=O) groups excluding carboxylic acids is 1. The molecular weight excluding hydrogens is 292 g/mol. The molecule has 1 saturated carbocycles. The number of hydrogen-bond donors (Lipinski definition) is 2. The van der Waals surface area contributed by atoms with Crippen LogP contribution in [-0.4, -0.2) is 22.6 Å². The Morgan fingerprint density at radius 3 is 3.17 bits per heavy atom. The van der Waals surface area contributed by atoms with Crippen molar-refractivity contribution in [1.82, 2.24) is 20.8 Å². The van der Waals surface area contributed by atoms with Crippen LogP contribution in [0.5, 0.6) is 0 Å². The first-order chi connectivity index (χ1) is 11.3. The monoisotopic (exact) mass is 312 g/mol. The number of hydrogen-bond acceptors (Lipinski definition) is 5. The van der Waals surface area contributed by atoms with Crippen LogP contribution in [0.1, 0.15) is 47.2 Å². The first-order valence-corrected chi connectivity index (χ1v) is 8.19. The number of carbonyl (C=O) groups is 1. The Balaban J connectivity index is 1.36. The summed E-state index contributed by atoms with van der Waals surface area (Å²) in [6.45, 7) is 2.18. The maximum Gasteiger partial charge on any atom is 0.229 e. The molecule has 2 aliphatic rings. The molecule has 23 heavy (non-hydrogen) atoms. The lowest BCUT2D eigenvalue weighted by molar-refractivity contribution is -0.120. The third-order valence-electron chi connectivity index (χ3n) is 4.44. The van der Waals surface area contributed by atoms with E-state index in [1.165, 1.54) is 11.1 Å². The maximum atomic E-state index is 12.2. The highest BCUT2D eigenvalue weighted by molar-refractivity contribution is 5.79. The molecular formula is C17H20N4O2. The number of nitrogens with zero attached hydrogens (tertiary/aromatic N) is 2. The molecule has 6 nitrogen and oxygen atoms in total. The third-order valence-corrected chi connectivity index (χ3v) is 4.44. The molecule has 2 N–H and O–H groups in total. The lowest BCUT2D eigenvalue weighted by Gasteiger charge is -2.20. The molecule has 1 aliphatic heterocycles. The van der Waals surface area contributed by atoms with E-state index in [1.807, 2.05) is 12.1 Å². The summed E-state index contributed by atoms with van der Waals surface area (Å²) in [6, 6.07) is 6.19. The van der Waals surface area contributed by atoms with Gasteiger partial charge in [0, 0.05) is 12.5 Å². The lowest BCUT2D eigenvalue weighted by atomic mass is 9.94. The number of amides is 1. The number of fused-ring (bicyclic) bond motifs is 1. The van der Waals surface area contributed by atoms with Crippen LogP contribution in [0.4, 0.5) is 0 Å². The van der Waals surface area contributed by atoms with Gasteiger partial charge in [0.05, 0.1) is 13.0 Å². The van der Waals surface area contributed by atoms with Crippen molar-refractivity contribution in [2.75, 3.05) is 6.54 Å². The van der Waals surface area contributed by atoms with Crippen molar-refractivity contribution < 1.29 is 9.32 Å². The zero-order chi connectivity index (χ0) is 15.6. The van der Waals surface area contributed by atoms with Crippen molar-refractivity contribution in [2.24, 2.45) is 0 Å². The van der Waals surface area contributed by atoms with Crippen LogP contribution in [0.15, 0.2) is 22.7 Å². The van der Waals surface area contributed by atoms with Crippen molar-refractivity contribution in [3.05, 3.63) is 46.6 Å². The summed E-state index contributed by atoms with van der Waals surface area (Å²) >= 11 is 0. The average Bonchev–Trinajstić information content (AvgIpc) is 3.32. The molecule has 1 fully saturated rings. The Morgan fingerprint density at radius 2 is 2.30 bits per heavy atom. The molecule has 1 amide bonds. The molecule has 0 spiro atoms. The fraction of sp³-hybridized carbons (Fsp3) is 0.471. The van der Waals surface area contributed by atoms with E-state index >= 15 is 0 Å². The fourth-order valence-corrected chi connectivity index (χ4v) is 3.03. The van der Waals surface area contributed by atoms with E-state index < -0.39 is 0 Å². The molecule has 0 saturated heterocycles. The summed E-state index contributed by atoms with van der Waals surface area (Å²) in [7, 11) is 0. The van der Waals surface area contributed by atoms with Gasteiger partial charge in [0.25, 0.3) is 0 Å². The van der Waals surface area contributed by atoms with Crippen LogP contribution in [0, 0.1) is 0 Å². The Hall–Kier alpha value is -2.21. The van der Waals surface area contributed by atoms with Crippen LogP contribution in [0.25, 0.3) is 0 Å². The van der Waals surface area contributed by atoms with Gasteiger partial charge in [-0.05, 0) is 42.5 Å². The summed E-state index contributed by atoms with van der Waals surface area (Å²) in [6.07, 6.45) is 3.63. The second kappa shape index (κ2) is 6.12. The Morgan fingerprint density at radius 1 is 1.39 bits per heavy atom. The van der Waals surface area contributed by atoms with Gasteiger partial charge in [-0.3, -0.25) is 4.79 Å². The molecule has 6 heteroatoms. The highest BCUT2D eigenvalue weighted by Crippen LogP contribution is 2.38. The van der Waals surface area contributed by atoms with Crippen molar-refractivity contribution in [3.8, 4) is 0 Å². The molecule has 0 atom stereocenters. The van der Waals surface area contributed by atoms with Gasteiger partial charge < -0.3 is 15.2 Å². The van der Waals surface area contributed by atoms with Crippen LogP contribution in [-0.2, 0) is 30.7 Å². The quantitative estimate of drug-likeness (QED) is 0.873. The average molecular weight is 312 g/mol. The minimum Gasteiger partial charge on any atom is -0.348 e. The van der Waals surface area contributed by atoms with Gasteiger partial charge in [-0.2, -0.15) is 4.98 Å². The van der Waals surface area contributed by atoms with E-state index in [9.17, 15) is 4.79 Å². The topological polar surface area (TPSA) is 80.0 Å². The minimum absolute atomic E-state index is 0.00490. The van der Waals surface area contributed by atoms with Gasteiger partial charge >= 0.3 is 0 Å². The largest absolute Gasteiger partial charge is 0.348 e. The molecule has 1 aliphatic carbocycles. The molecule has 0 bridgehead atoms. The van der Waals surface area contributed by atoms with Crippen molar-refractivity contribution in [1.29, 1.82) is 0 Å². The maximum absolute atomic E-state index is 12.2. The molecule has 2 aromatic rings. The van der Waals surface area contributed by atoms with Crippen molar-refractivity contribution in [2.45, 2.75) is 44.7 Å². The number of rotatable bonds is 5. The minimum atomic E-state index is -0.00490. The van der Waals surface area contributed by atoms with Crippen molar-refractivity contribution >= 4 is 5.91 Å². The Bertz CT molecular complexity index is 721. The molecule has 0 unspecified atom stereocenters. The fourth-order valence-electron chi connectivity index (χ4n) is 3.03. The van der Waals surface area contributed by atoms with Crippen LogP contribution in [0.2, 0.25) is 0 Å². The number of nitrogens with one attached hydrogen (secondary N) is 2. The summed E-state index contributed by atoms with van der Waals surface area (Å²) in [4.78, 5) is 16.5. The molecule has 4 rings (SSSR count). The first-order valence-electron chi connectivity index (χ1n) is 8.19. The second-order valence-corrected chi connectivity index (χ2v) is 6.26. The predicted molar refractivity (Wildman–Crippen MR) is 83.7 cm³/mol. The third kappa shape index (κ3) is 3.27. The summed E-state index contributed by atoms with van der Waals surface area (Å²) in [5.74, 6) is 1.70. The number of benzene rings is 1. The highest BCUT2D eigenvalue weighted by atomic mass is 16.5. The van der Waals surface area contributed by atoms with Crippen LogP contribution in [0.3, 0.4) is 0 Å². The number of aromatic nitrogens is 2. The van der Waals surface area contributed by atoms with Gasteiger partial charge in [0.15, 0.2) is 5.82 Å². The summed E-state index contributed by atoms with van der Waals surface area (Å²) in [5.41, 5.74) is 3.74. The Kier molecular flexibility index (Phi) is 3.83. The highest BCUT2D eigenvalue weighted by Gasteiger charge is 2.29. The normalized spacial score (nSPS) is 16.9. The second-order valence-electron chi connectivity index (χ2n) is 6.26. The molecule has 1 aromatic heterocycles. The van der Waals surface area contributed by atoms with Crippen molar-refractivity contribution in [3.63, 3.8) is 0 Å². The predicted octanol–water partition coefficient (Wildman–Crippen LogP) is 1.45. The van der Waals surface area contributed by atoms with Crippen LogP contribution < -0.4 is 10.6 Å². The van der Waals surface area contributed by atoms with E-state index in [1.54, 1.807) is 0 Å². The van der Waals surface area contributed by atoms with Gasteiger partial charge in [0.2, 0.25) is 11.8 Å². The smallest absolute Gasteiger partial charge is 0.229 e. The molecule has 120 valence electrons. The van der Waals surface area contributed by atoms with E-state index in [-0.39, 0.29) is 5.91 Å². The van der Waals surface area contributed by atoms with Gasteiger partial charge in [-0.15, -0.1) is 0 Å². The summed E-state index contributed by atoms with van der Waals surface area (Å²) < 4.78 is 5.19. The zero-order valence-corrected chi connectivity index (χ0v) is 13.0. The van der Waals surface area contributed by atoms with E-state index in [4.69, 9.17) is 4.52 Å². The lowest BCUT2D eigenvalue weighted by Crippen LogP contribution is -2.28. The van der Waals surface area contributed by atoms with Gasteiger partial charge in [-0.25, -0.2) is 0 Å². The van der Waals surface area contributed by atoms with E-state index in [2.05, 4.69) is 26.8 Å². The molecule has 1 aromatic carbocycles. The van der Waals surface area contributed by atoms with Crippen LogP contribution >= 0.6 is 0 Å².